The first kappa shape index (κ1) is 23.1. The van der Waals surface area contributed by atoms with Gasteiger partial charge < -0.3 is 10.4 Å². The Morgan fingerprint density at radius 3 is 2.03 bits per heavy atom. The summed E-state index contributed by atoms with van der Waals surface area (Å²) in [5.41, 5.74) is 5.38. The number of phenols is 1. The molecule has 2 aromatic rings. The Morgan fingerprint density at radius 1 is 0.967 bits per heavy atom. The van der Waals surface area contributed by atoms with E-state index in [9.17, 15) is 14.7 Å². The largest absolute Gasteiger partial charge is 0.507 e. The number of hydrazone groups is 1. The number of phenolic OH excluding ortho intramolecular Hbond substituents is 1. The summed E-state index contributed by atoms with van der Waals surface area (Å²) in [6, 6.07) is 10.4. The van der Waals surface area contributed by atoms with Crippen LogP contribution in [0.1, 0.15) is 75.5 Å². The monoisotopic (exact) mass is 409 g/mol. The fourth-order valence-electron chi connectivity index (χ4n) is 3.05. The quantitative estimate of drug-likeness (QED) is 0.504. The number of nitrogens with one attached hydrogen (secondary N) is 2. The summed E-state index contributed by atoms with van der Waals surface area (Å²) in [6.45, 7) is 13.7. The molecule has 6 nitrogen and oxygen atoms in total. The molecule has 0 atom stereocenters. The van der Waals surface area contributed by atoms with E-state index >= 15 is 0 Å². The first-order chi connectivity index (χ1) is 13.8. The van der Waals surface area contributed by atoms with Crippen LogP contribution in [0, 0.1) is 0 Å². The molecule has 0 radical (unpaired) electrons. The molecule has 0 spiro atoms. The molecule has 0 bridgehead atoms. The van der Waals surface area contributed by atoms with Gasteiger partial charge in [0, 0.05) is 29.3 Å². The van der Waals surface area contributed by atoms with Crippen LogP contribution < -0.4 is 10.7 Å². The van der Waals surface area contributed by atoms with Gasteiger partial charge in [-0.25, -0.2) is 5.43 Å². The average molecular weight is 410 g/mol. The van der Waals surface area contributed by atoms with Crippen LogP contribution in [0.15, 0.2) is 41.5 Å². The van der Waals surface area contributed by atoms with Gasteiger partial charge in [0.1, 0.15) is 5.75 Å². The van der Waals surface area contributed by atoms with Crippen molar-refractivity contribution in [3.05, 3.63) is 58.7 Å². The zero-order valence-corrected chi connectivity index (χ0v) is 18.8. The molecule has 0 heterocycles. The Kier molecular flexibility index (Phi) is 6.70. The zero-order valence-electron chi connectivity index (χ0n) is 18.8. The van der Waals surface area contributed by atoms with E-state index < -0.39 is 0 Å². The summed E-state index contributed by atoms with van der Waals surface area (Å²) in [5, 5.41) is 17.5. The summed E-state index contributed by atoms with van der Waals surface area (Å²) >= 11 is 0. The number of hydrogen-bond donors (Lipinski definition) is 3. The number of carbonyl (C=O) groups is 2. The Balaban J connectivity index is 2.28. The van der Waals surface area contributed by atoms with Crippen molar-refractivity contribution >= 4 is 23.7 Å². The fourth-order valence-corrected chi connectivity index (χ4v) is 3.05. The fraction of sp³-hybridized carbons (Fsp3) is 0.375. The summed E-state index contributed by atoms with van der Waals surface area (Å²) in [6.07, 6.45) is 1.57. The predicted molar refractivity (Wildman–Crippen MR) is 121 cm³/mol. The topological polar surface area (TPSA) is 90.8 Å². The smallest absolute Gasteiger partial charge is 0.271 e. The molecule has 0 fully saturated rings. The lowest BCUT2D eigenvalue weighted by atomic mass is 9.78. The Hall–Kier alpha value is -3.15. The highest BCUT2D eigenvalue weighted by atomic mass is 16.3. The number of rotatable bonds is 4. The Bertz CT molecular complexity index is 945. The molecule has 0 aliphatic heterocycles. The van der Waals surface area contributed by atoms with Crippen molar-refractivity contribution in [1.29, 1.82) is 0 Å². The standard InChI is InChI=1S/C24H31N3O3/c1-15(28)26-18-10-8-9-17(13-18)22(30)27-25-14-16-11-19(23(2,3)4)21(29)20(12-16)24(5,6)7/h8-14,29H,1-7H3,(H,26,28)(H,27,30)/b25-14+. The molecule has 0 aromatic heterocycles. The molecule has 2 aromatic carbocycles. The number of carbonyl (C=O) groups excluding carboxylic acids is 2. The summed E-state index contributed by atoms with van der Waals surface area (Å²) < 4.78 is 0. The van der Waals surface area contributed by atoms with Gasteiger partial charge in [-0.05, 0) is 46.7 Å². The Labute approximate surface area is 178 Å². The third kappa shape index (κ3) is 5.92. The summed E-state index contributed by atoms with van der Waals surface area (Å²) in [5.74, 6) is -0.294. The molecule has 0 aliphatic rings. The van der Waals surface area contributed by atoms with Gasteiger partial charge in [0.05, 0.1) is 6.21 Å². The second-order valence-corrected chi connectivity index (χ2v) is 9.43. The van der Waals surface area contributed by atoms with Crippen LogP contribution >= 0.6 is 0 Å². The molecule has 0 saturated carbocycles. The van der Waals surface area contributed by atoms with Crippen LogP contribution in [0.4, 0.5) is 5.69 Å². The Morgan fingerprint density at radius 2 is 1.53 bits per heavy atom. The van der Waals surface area contributed by atoms with Gasteiger partial charge in [-0.2, -0.15) is 5.10 Å². The zero-order chi connectivity index (χ0) is 22.7. The predicted octanol–water partition coefficient (Wildman–Crippen LogP) is 4.71. The van der Waals surface area contributed by atoms with Crippen LogP contribution in [0.5, 0.6) is 5.75 Å². The van der Waals surface area contributed by atoms with Crippen LogP contribution in [0.25, 0.3) is 0 Å². The van der Waals surface area contributed by atoms with E-state index in [0.717, 1.165) is 16.7 Å². The van der Waals surface area contributed by atoms with Gasteiger partial charge in [0.25, 0.3) is 5.91 Å². The lowest BCUT2D eigenvalue weighted by Crippen LogP contribution is -2.19. The molecule has 6 heteroatoms. The molecule has 0 aliphatic carbocycles. The van der Waals surface area contributed by atoms with Gasteiger partial charge in [-0.3, -0.25) is 9.59 Å². The second kappa shape index (κ2) is 8.69. The number of hydrogen-bond acceptors (Lipinski definition) is 4. The van der Waals surface area contributed by atoms with Crippen LogP contribution in [-0.4, -0.2) is 23.1 Å². The highest BCUT2D eigenvalue weighted by Gasteiger charge is 2.26. The molecular weight excluding hydrogens is 378 g/mol. The van der Waals surface area contributed by atoms with E-state index in [-0.39, 0.29) is 22.6 Å². The van der Waals surface area contributed by atoms with E-state index in [4.69, 9.17) is 0 Å². The molecule has 160 valence electrons. The van der Waals surface area contributed by atoms with Gasteiger partial charge >= 0.3 is 0 Å². The van der Waals surface area contributed by atoms with Crippen LogP contribution in [0.2, 0.25) is 0 Å². The maximum absolute atomic E-state index is 12.4. The van der Waals surface area contributed by atoms with Crippen molar-refractivity contribution in [3.63, 3.8) is 0 Å². The molecule has 2 amide bonds. The maximum Gasteiger partial charge on any atom is 0.271 e. The van der Waals surface area contributed by atoms with E-state index in [2.05, 4.69) is 15.8 Å². The molecule has 3 N–H and O–H groups in total. The third-order valence-corrected chi connectivity index (χ3v) is 4.57. The maximum atomic E-state index is 12.4. The molecule has 2 rings (SSSR count). The molecule has 0 saturated heterocycles. The normalized spacial score (nSPS) is 12.1. The molecule has 0 unspecified atom stereocenters. The minimum atomic E-state index is -0.385. The van der Waals surface area contributed by atoms with E-state index in [1.54, 1.807) is 30.5 Å². The first-order valence-corrected chi connectivity index (χ1v) is 9.88. The minimum absolute atomic E-state index is 0.206. The van der Waals surface area contributed by atoms with E-state index in [0.29, 0.717) is 17.0 Å². The van der Waals surface area contributed by atoms with Crippen molar-refractivity contribution in [1.82, 2.24) is 5.43 Å². The van der Waals surface area contributed by atoms with Crippen molar-refractivity contribution in [2.75, 3.05) is 5.32 Å². The highest BCUT2D eigenvalue weighted by Crippen LogP contribution is 2.39. The van der Waals surface area contributed by atoms with Crippen molar-refractivity contribution in [3.8, 4) is 5.75 Å². The van der Waals surface area contributed by atoms with E-state index in [1.807, 2.05) is 53.7 Å². The summed E-state index contributed by atoms with van der Waals surface area (Å²) in [4.78, 5) is 23.6. The van der Waals surface area contributed by atoms with Crippen LogP contribution in [-0.2, 0) is 15.6 Å². The van der Waals surface area contributed by atoms with Crippen molar-refractivity contribution in [2.24, 2.45) is 5.10 Å². The molecule has 30 heavy (non-hydrogen) atoms. The van der Waals surface area contributed by atoms with Gasteiger partial charge in [0.15, 0.2) is 0 Å². The SMILES string of the molecule is CC(=O)Nc1cccc(C(=O)N/N=C/c2cc(C(C)(C)C)c(O)c(C(C)(C)C)c2)c1. The number of benzene rings is 2. The van der Waals surface area contributed by atoms with Gasteiger partial charge in [-0.1, -0.05) is 47.6 Å². The summed E-state index contributed by atoms with van der Waals surface area (Å²) in [7, 11) is 0. The minimum Gasteiger partial charge on any atom is -0.507 e. The van der Waals surface area contributed by atoms with Crippen LogP contribution in [0.3, 0.4) is 0 Å². The number of nitrogens with zero attached hydrogens (tertiary/aromatic N) is 1. The number of aromatic hydroxyl groups is 1. The third-order valence-electron chi connectivity index (χ3n) is 4.57. The lowest BCUT2D eigenvalue weighted by molar-refractivity contribution is -0.114. The highest BCUT2D eigenvalue weighted by molar-refractivity contribution is 5.97. The van der Waals surface area contributed by atoms with Gasteiger partial charge in [0.2, 0.25) is 5.91 Å². The van der Waals surface area contributed by atoms with E-state index in [1.165, 1.54) is 6.92 Å². The van der Waals surface area contributed by atoms with Crippen molar-refractivity contribution < 1.29 is 14.7 Å². The number of amides is 2. The second-order valence-electron chi connectivity index (χ2n) is 9.43. The molecular formula is C24H31N3O3. The lowest BCUT2D eigenvalue weighted by Gasteiger charge is -2.27. The van der Waals surface area contributed by atoms with Gasteiger partial charge in [-0.15, -0.1) is 0 Å². The first-order valence-electron chi connectivity index (χ1n) is 9.88. The average Bonchev–Trinajstić information content (AvgIpc) is 2.60. The number of anilines is 1. The van der Waals surface area contributed by atoms with Crippen molar-refractivity contribution in [2.45, 2.75) is 59.3 Å².